The molecule has 1 saturated heterocycles. The van der Waals surface area contributed by atoms with Crippen LogP contribution in [0.2, 0.25) is 0 Å². The Morgan fingerprint density at radius 2 is 1.89 bits per heavy atom. The summed E-state index contributed by atoms with van der Waals surface area (Å²) in [5.41, 5.74) is 0.939. The molecule has 1 aromatic rings. The normalized spacial score (nSPS) is 21.7. The van der Waals surface area contributed by atoms with Gasteiger partial charge in [0.05, 0.1) is 18.8 Å². The number of rotatable bonds is 7. The first-order valence-electron chi connectivity index (χ1n) is 9.65. The number of hydrogen-bond acceptors (Lipinski definition) is 6. The third-order valence-corrected chi connectivity index (χ3v) is 5.07. The van der Waals surface area contributed by atoms with Crippen molar-refractivity contribution in [2.45, 2.75) is 71.0 Å². The van der Waals surface area contributed by atoms with E-state index in [-0.39, 0.29) is 18.6 Å². The van der Waals surface area contributed by atoms with Crippen LogP contribution in [0, 0.1) is 5.92 Å². The molecule has 152 valence electrons. The Bertz CT molecular complexity index is 610. The molecule has 27 heavy (non-hydrogen) atoms. The Kier molecular flexibility index (Phi) is 7.40. The Hall–Kier alpha value is -1.47. The Balaban J connectivity index is 1.97. The number of carbonyl (C=O) groups excluding carboxylic acids is 1. The average Bonchev–Trinajstić information content (AvgIpc) is 3.07. The van der Waals surface area contributed by atoms with Crippen molar-refractivity contribution in [2.75, 3.05) is 13.1 Å². The largest absolute Gasteiger partial charge is 0.459 e. The third kappa shape index (κ3) is 6.01. The average molecular weight is 379 g/mol. The number of hydrogen-bond donors (Lipinski definition) is 3. The summed E-state index contributed by atoms with van der Waals surface area (Å²) >= 11 is 0. The van der Waals surface area contributed by atoms with Gasteiger partial charge in [-0.05, 0) is 51.3 Å². The lowest BCUT2D eigenvalue weighted by Crippen LogP contribution is -2.45. The first-order valence-corrected chi connectivity index (χ1v) is 9.65. The smallest absolute Gasteiger partial charge is 0.323 e. The van der Waals surface area contributed by atoms with Crippen molar-refractivity contribution < 1.29 is 24.9 Å². The highest BCUT2D eigenvalue weighted by atomic mass is 16.6. The van der Waals surface area contributed by atoms with E-state index in [1.807, 2.05) is 25.7 Å². The fraction of sp³-hybridized carbons (Fsp3) is 0.667. The van der Waals surface area contributed by atoms with E-state index in [2.05, 4.69) is 0 Å². The highest BCUT2D eigenvalue weighted by Crippen LogP contribution is 2.28. The van der Waals surface area contributed by atoms with Crippen LogP contribution >= 0.6 is 0 Å². The second-order valence-electron chi connectivity index (χ2n) is 8.46. The van der Waals surface area contributed by atoms with E-state index in [1.54, 1.807) is 31.2 Å². The molecular formula is C21H33NO5. The number of likely N-dealkylation sites (tertiary alicyclic amines) is 1. The fourth-order valence-corrected chi connectivity index (χ4v) is 3.42. The van der Waals surface area contributed by atoms with Gasteiger partial charge >= 0.3 is 5.97 Å². The van der Waals surface area contributed by atoms with Crippen molar-refractivity contribution in [1.82, 2.24) is 4.90 Å². The molecule has 1 heterocycles. The van der Waals surface area contributed by atoms with Crippen LogP contribution in [0.4, 0.5) is 0 Å². The second kappa shape index (κ2) is 9.15. The van der Waals surface area contributed by atoms with Gasteiger partial charge in [0, 0.05) is 12.5 Å². The number of aliphatic hydroxyl groups is 3. The van der Waals surface area contributed by atoms with Crippen molar-refractivity contribution in [3.05, 3.63) is 35.4 Å². The molecule has 1 aromatic carbocycles. The number of aliphatic hydroxyl groups excluding tert-OH is 3. The monoisotopic (exact) mass is 379 g/mol. The topological polar surface area (TPSA) is 90.2 Å². The molecule has 1 aliphatic rings. The van der Waals surface area contributed by atoms with Gasteiger partial charge in [-0.15, -0.1) is 0 Å². The van der Waals surface area contributed by atoms with Crippen molar-refractivity contribution in [3.8, 4) is 0 Å². The van der Waals surface area contributed by atoms with Crippen molar-refractivity contribution in [1.29, 1.82) is 0 Å². The minimum Gasteiger partial charge on any atom is -0.459 e. The molecule has 2 rings (SSSR count). The molecule has 0 bridgehead atoms. The molecule has 0 aromatic heterocycles. The van der Waals surface area contributed by atoms with Gasteiger partial charge in [-0.2, -0.15) is 0 Å². The summed E-state index contributed by atoms with van der Waals surface area (Å²) in [5.74, 6) is -0.648. The summed E-state index contributed by atoms with van der Waals surface area (Å²) in [7, 11) is 0. The van der Waals surface area contributed by atoms with Gasteiger partial charge in [0.2, 0.25) is 0 Å². The zero-order valence-corrected chi connectivity index (χ0v) is 16.8. The lowest BCUT2D eigenvalue weighted by Gasteiger charge is -2.31. The molecule has 0 amide bonds. The van der Waals surface area contributed by atoms with E-state index in [0.29, 0.717) is 12.1 Å². The summed E-state index contributed by atoms with van der Waals surface area (Å²) in [6.07, 6.45) is 0.00747. The van der Waals surface area contributed by atoms with Gasteiger partial charge in [-0.3, -0.25) is 9.69 Å². The predicted molar refractivity (Wildman–Crippen MR) is 103 cm³/mol. The minimum absolute atomic E-state index is 0.0461. The lowest BCUT2D eigenvalue weighted by molar-refractivity contribution is -0.160. The van der Waals surface area contributed by atoms with E-state index in [4.69, 9.17) is 9.84 Å². The number of β-amino-alcohol motifs (C(OH)–C–C–N with tert-alkyl or cyclic N) is 1. The second-order valence-corrected chi connectivity index (χ2v) is 8.46. The number of benzene rings is 1. The molecule has 1 aliphatic heterocycles. The van der Waals surface area contributed by atoms with E-state index in [0.717, 1.165) is 24.9 Å². The zero-order valence-electron chi connectivity index (χ0n) is 16.8. The highest BCUT2D eigenvalue weighted by Gasteiger charge is 2.36. The van der Waals surface area contributed by atoms with Crippen LogP contribution in [0.25, 0.3) is 0 Å². The van der Waals surface area contributed by atoms with Crippen LogP contribution in [0.15, 0.2) is 24.3 Å². The van der Waals surface area contributed by atoms with Gasteiger partial charge in [-0.1, -0.05) is 31.2 Å². The zero-order chi connectivity index (χ0) is 20.2. The summed E-state index contributed by atoms with van der Waals surface area (Å²) in [4.78, 5) is 14.4. The maximum atomic E-state index is 12.4. The van der Waals surface area contributed by atoms with E-state index in [9.17, 15) is 15.0 Å². The number of nitrogens with zero attached hydrogens (tertiary/aromatic N) is 1. The van der Waals surface area contributed by atoms with Gasteiger partial charge in [0.15, 0.2) is 0 Å². The molecule has 6 heteroatoms. The summed E-state index contributed by atoms with van der Waals surface area (Å²) < 4.78 is 5.50. The van der Waals surface area contributed by atoms with Gasteiger partial charge in [0.25, 0.3) is 0 Å². The third-order valence-electron chi connectivity index (χ3n) is 5.07. The lowest BCUT2D eigenvalue weighted by atomic mass is 9.91. The molecular weight excluding hydrogens is 346 g/mol. The van der Waals surface area contributed by atoms with Crippen LogP contribution < -0.4 is 0 Å². The van der Waals surface area contributed by atoms with E-state index >= 15 is 0 Å². The van der Waals surface area contributed by atoms with Gasteiger partial charge < -0.3 is 20.1 Å². The van der Waals surface area contributed by atoms with Gasteiger partial charge in [0.1, 0.15) is 11.6 Å². The Morgan fingerprint density at radius 1 is 1.26 bits per heavy atom. The quantitative estimate of drug-likeness (QED) is 0.628. The molecule has 1 fully saturated rings. The van der Waals surface area contributed by atoms with Crippen LogP contribution in [0.1, 0.15) is 57.8 Å². The number of ether oxygens (including phenoxy) is 1. The summed E-state index contributed by atoms with van der Waals surface area (Å²) in [5, 5.41) is 30.4. The maximum Gasteiger partial charge on any atom is 0.323 e. The van der Waals surface area contributed by atoms with E-state index < -0.39 is 23.7 Å². The Morgan fingerprint density at radius 3 is 2.44 bits per heavy atom. The van der Waals surface area contributed by atoms with Crippen LogP contribution in [0.3, 0.4) is 0 Å². The van der Waals surface area contributed by atoms with Crippen LogP contribution in [-0.4, -0.2) is 57.0 Å². The number of carbonyl (C=O) groups is 1. The first-order chi connectivity index (χ1) is 12.6. The molecule has 3 N–H and O–H groups in total. The molecule has 0 radical (unpaired) electrons. The van der Waals surface area contributed by atoms with Crippen molar-refractivity contribution >= 4 is 5.97 Å². The molecule has 4 atom stereocenters. The molecule has 6 nitrogen and oxygen atoms in total. The number of esters is 1. The SMILES string of the molecule is CC(C(O)CN1CCCC1C(=O)OC(C)(C)C)C(O)c1ccc(CO)cc1. The minimum atomic E-state index is -0.824. The van der Waals surface area contributed by atoms with Crippen molar-refractivity contribution in [3.63, 3.8) is 0 Å². The first kappa shape index (κ1) is 21.8. The maximum absolute atomic E-state index is 12.4. The summed E-state index contributed by atoms with van der Waals surface area (Å²) in [6, 6.07) is 6.71. The van der Waals surface area contributed by atoms with Crippen LogP contribution in [-0.2, 0) is 16.1 Å². The standard InChI is InChI=1S/C21H33NO5/c1-14(19(25)16-9-7-15(13-23)8-10-16)18(24)12-22-11-5-6-17(22)20(26)27-21(2,3)4/h7-10,14,17-19,23-25H,5-6,11-13H2,1-4H3. The fourth-order valence-electron chi connectivity index (χ4n) is 3.42. The highest BCUT2D eigenvalue weighted by molar-refractivity contribution is 5.76. The van der Waals surface area contributed by atoms with Gasteiger partial charge in [-0.25, -0.2) is 0 Å². The predicted octanol–water partition coefficient (Wildman–Crippen LogP) is 2.02. The Labute approximate surface area is 161 Å². The summed E-state index contributed by atoms with van der Waals surface area (Å²) in [6.45, 7) is 8.34. The molecule has 0 spiro atoms. The molecule has 0 saturated carbocycles. The molecule has 0 aliphatic carbocycles. The van der Waals surface area contributed by atoms with Crippen molar-refractivity contribution in [2.24, 2.45) is 5.92 Å². The van der Waals surface area contributed by atoms with Crippen LogP contribution in [0.5, 0.6) is 0 Å². The molecule has 4 unspecified atom stereocenters. The van der Waals surface area contributed by atoms with E-state index in [1.165, 1.54) is 0 Å².